The van der Waals surface area contributed by atoms with Crippen LogP contribution in [0.5, 0.6) is 0 Å². The minimum absolute atomic E-state index is 0.108. The molecule has 0 aliphatic carbocycles. The molecule has 1 aromatic heterocycles. The fourth-order valence-electron chi connectivity index (χ4n) is 1.46. The Morgan fingerprint density at radius 1 is 1.41 bits per heavy atom. The zero-order valence-corrected chi connectivity index (χ0v) is 10.6. The molecule has 4 heteroatoms. The average molecular weight is 235 g/mol. The monoisotopic (exact) mass is 235 g/mol. The van der Waals surface area contributed by atoms with Crippen molar-refractivity contribution in [2.24, 2.45) is 0 Å². The van der Waals surface area contributed by atoms with E-state index in [4.69, 9.17) is 0 Å². The molecule has 0 aromatic carbocycles. The number of carbonyl (C=O) groups is 1. The normalized spacial score (nSPS) is 10.2. The molecule has 0 aliphatic rings. The number of carbonyl (C=O) groups excluding carboxylic acids is 1. The average Bonchev–Trinajstić information content (AvgIpc) is 2.34. The van der Waals surface area contributed by atoms with Crippen molar-refractivity contribution in [3.8, 4) is 0 Å². The van der Waals surface area contributed by atoms with Gasteiger partial charge in [0.15, 0.2) is 0 Å². The highest BCUT2D eigenvalue weighted by molar-refractivity contribution is 5.75. The number of hydrogen-bond donors (Lipinski definition) is 2. The first-order valence-electron chi connectivity index (χ1n) is 6.12. The lowest BCUT2D eigenvalue weighted by molar-refractivity contribution is -0.120. The minimum Gasteiger partial charge on any atom is -0.356 e. The van der Waals surface area contributed by atoms with Crippen LogP contribution in [0.15, 0.2) is 18.3 Å². The number of nitrogens with zero attached hydrogens (tertiary/aromatic N) is 1. The van der Waals surface area contributed by atoms with Crippen molar-refractivity contribution in [3.05, 3.63) is 29.6 Å². The second-order valence-corrected chi connectivity index (χ2v) is 4.04. The van der Waals surface area contributed by atoms with E-state index in [0.29, 0.717) is 19.5 Å². The highest BCUT2D eigenvalue weighted by Gasteiger charge is 2.01. The Balaban J connectivity index is 2.16. The SMILES string of the molecule is CCCNC(=O)CCNCc1ncccc1C. The second kappa shape index (κ2) is 7.79. The fraction of sp³-hybridized carbons (Fsp3) is 0.538. The molecule has 0 bridgehead atoms. The summed E-state index contributed by atoms with van der Waals surface area (Å²) in [5, 5.41) is 6.07. The van der Waals surface area contributed by atoms with E-state index in [-0.39, 0.29) is 5.91 Å². The van der Waals surface area contributed by atoms with E-state index < -0.39 is 0 Å². The maximum atomic E-state index is 11.3. The lowest BCUT2D eigenvalue weighted by atomic mass is 10.2. The Labute approximate surface area is 103 Å². The third-order valence-electron chi connectivity index (χ3n) is 2.51. The second-order valence-electron chi connectivity index (χ2n) is 4.04. The van der Waals surface area contributed by atoms with Crippen LogP contribution in [0.3, 0.4) is 0 Å². The van der Waals surface area contributed by atoms with E-state index >= 15 is 0 Å². The molecule has 0 fully saturated rings. The molecule has 0 saturated heterocycles. The number of nitrogens with one attached hydrogen (secondary N) is 2. The first kappa shape index (κ1) is 13.6. The lowest BCUT2D eigenvalue weighted by Gasteiger charge is -2.07. The molecular formula is C13H21N3O. The van der Waals surface area contributed by atoms with Crippen LogP contribution in [0.25, 0.3) is 0 Å². The molecule has 1 amide bonds. The number of aromatic nitrogens is 1. The number of hydrogen-bond acceptors (Lipinski definition) is 3. The van der Waals surface area contributed by atoms with Crippen molar-refractivity contribution in [1.29, 1.82) is 0 Å². The van der Waals surface area contributed by atoms with E-state index in [9.17, 15) is 4.79 Å². The minimum atomic E-state index is 0.108. The molecule has 4 nitrogen and oxygen atoms in total. The van der Waals surface area contributed by atoms with Gasteiger partial charge in [0, 0.05) is 32.3 Å². The van der Waals surface area contributed by atoms with Gasteiger partial charge in [-0.25, -0.2) is 0 Å². The topological polar surface area (TPSA) is 54.0 Å². The van der Waals surface area contributed by atoms with Gasteiger partial charge in [-0.05, 0) is 25.0 Å². The van der Waals surface area contributed by atoms with Crippen molar-refractivity contribution in [2.75, 3.05) is 13.1 Å². The molecule has 94 valence electrons. The van der Waals surface area contributed by atoms with Crippen LogP contribution in [-0.2, 0) is 11.3 Å². The van der Waals surface area contributed by atoms with Gasteiger partial charge < -0.3 is 10.6 Å². The molecule has 0 saturated carbocycles. The summed E-state index contributed by atoms with van der Waals surface area (Å²) in [6.45, 7) is 6.25. The molecule has 2 N–H and O–H groups in total. The molecule has 0 aliphatic heterocycles. The standard InChI is InChI=1S/C13H21N3O/c1-3-7-16-13(17)6-9-14-10-12-11(2)5-4-8-15-12/h4-5,8,14H,3,6-7,9-10H2,1-2H3,(H,16,17). The number of amides is 1. The van der Waals surface area contributed by atoms with Crippen molar-refractivity contribution in [2.45, 2.75) is 33.2 Å². The maximum Gasteiger partial charge on any atom is 0.221 e. The third kappa shape index (κ3) is 5.45. The summed E-state index contributed by atoms with van der Waals surface area (Å²) in [4.78, 5) is 15.6. The summed E-state index contributed by atoms with van der Waals surface area (Å²) < 4.78 is 0. The Hall–Kier alpha value is -1.42. The summed E-state index contributed by atoms with van der Waals surface area (Å²) >= 11 is 0. The van der Waals surface area contributed by atoms with Gasteiger partial charge in [-0.2, -0.15) is 0 Å². The number of rotatable bonds is 7. The largest absolute Gasteiger partial charge is 0.356 e. The van der Waals surface area contributed by atoms with E-state index in [1.807, 2.05) is 26.0 Å². The predicted molar refractivity (Wildman–Crippen MR) is 68.6 cm³/mol. The Morgan fingerprint density at radius 2 is 2.24 bits per heavy atom. The summed E-state index contributed by atoms with van der Waals surface area (Å²) in [5.74, 6) is 0.108. The van der Waals surface area contributed by atoms with Crippen molar-refractivity contribution in [3.63, 3.8) is 0 Å². The first-order chi connectivity index (χ1) is 8.24. The summed E-state index contributed by atoms with van der Waals surface area (Å²) in [6.07, 6.45) is 3.29. The Bertz CT molecular complexity index is 352. The summed E-state index contributed by atoms with van der Waals surface area (Å²) in [7, 11) is 0. The van der Waals surface area contributed by atoms with Gasteiger partial charge in [0.1, 0.15) is 0 Å². The molecule has 1 aromatic rings. The van der Waals surface area contributed by atoms with Crippen LogP contribution in [0.1, 0.15) is 31.0 Å². The highest BCUT2D eigenvalue weighted by Crippen LogP contribution is 2.01. The summed E-state index contributed by atoms with van der Waals surface area (Å²) in [5.41, 5.74) is 2.22. The van der Waals surface area contributed by atoms with Crippen molar-refractivity contribution in [1.82, 2.24) is 15.6 Å². The molecule has 17 heavy (non-hydrogen) atoms. The predicted octanol–water partition coefficient (Wildman–Crippen LogP) is 1.40. The Kier molecular flexibility index (Phi) is 6.25. The molecular weight excluding hydrogens is 214 g/mol. The van der Waals surface area contributed by atoms with E-state index in [1.54, 1.807) is 6.20 Å². The number of pyridine rings is 1. The molecule has 1 rings (SSSR count). The lowest BCUT2D eigenvalue weighted by Crippen LogP contribution is -2.28. The van der Waals surface area contributed by atoms with Crippen LogP contribution < -0.4 is 10.6 Å². The van der Waals surface area contributed by atoms with Crippen LogP contribution in [0.4, 0.5) is 0 Å². The van der Waals surface area contributed by atoms with Gasteiger partial charge in [-0.1, -0.05) is 13.0 Å². The van der Waals surface area contributed by atoms with Crippen LogP contribution in [-0.4, -0.2) is 24.0 Å². The quantitative estimate of drug-likeness (QED) is 0.702. The van der Waals surface area contributed by atoms with Gasteiger partial charge in [0.2, 0.25) is 5.91 Å². The molecule has 1 heterocycles. The van der Waals surface area contributed by atoms with Crippen LogP contribution in [0, 0.1) is 6.92 Å². The van der Waals surface area contributed by atoms with Crippen LogP contribution >= 0.6 is 0 Å². The van der Waals surface area contributed by atoms with Gasteiger partial charge in [-0.3, -0.25) is 9.78 Å². The van der Waals surface area contributed by atoms with Gasteiger partial charge in [0.05, 0.1) is 5.69 Å². The van der Waals surface area contributed by atoms with Crippen molar-refractivity contribution >= 4 is 5.91 Å². The van der Waals surface area contributed by atoms with Crippen LogP contribution in [0.2, 0.25) is 0 Å². The molecule has 0 unspecified atom stereocenters. The van der Waals surface area contributed by atoms with E-state index in [0.717, 1.165) is 18.7 Å². The van der Waals surface area contributed by atoms with E-state index in [1.165, 1.54) is 5.56 Å². The van der Waals surface area contributed by atoms with Gasteiger partial charge in [-0.15, -0.1) is 0 Å². The smallest absolute Gasteiger partial charge is 0.221 e. The summed E-state index contributed by atoms with van der Waals surface area (Å²) in [6, 6.07) is 3.97. The molecule has 0 radical (unpaired) electrons. The third-order valence-corrected chi connectivity index (χ3v) is 2.51. The van der Waals surface area contributed by atoms with Gasteiger partial charge in [0.25, 0.3) is 0 Å². The highest BCUT2D eigenvalue weighted by atomic mass is 16.1. The van der Waals surface area contributed by atoms with Gasteiger partial charge >= 0.3 is 0 Å². The zero-order chi connectivity index (χ0) is 12.5. The van der Waals surface area contributed by atoms with Crippen molar-refractivity contribution < 1.29 is 4.79 Å². The maximum absolute atomic E-state index is 11.3. The number of aryl methyl sites for hydroxylation is 1. The fourth-order valence-corrected chi connectivity index (χ4v) is 1.46. The Morgan fingerprint density at radius 3 is 2.94 bits per heavy atom. The first-order valence-corrected chi connectivity index (χ1v) is 6.12. The van der Waals surface area contributed by atoms with E-state index in [2.05, 4.69) is 15.6 Å². The molecule has 0 spiro atoms. The molecule has 0 atom stereocenters. The zero-order valence-electron chi connectivity index (χ0n) is 10.6.